The maximum Gasteiger partial charge on any atom is 0.364 e. The quantitative estimate of drug-likeness (QED) is 0.504. The molecule has 15 heavy (non-hydrogen) atoms. The van der Waals surface area contributed by atoms with Crippen molar-refractivity contribution in [3.63, 3.8) is 0 Å². The molecule has 0 amide bonds. The molecule has 0 aliphatic heterocycles. The van der Waals surface area contributed by atoms with Crippen LogP contribution in [0, 0.1) is 0 Å². The molecule has 1 rings (SSSR count). The van der Waals surface area contributed by atoms with E-state index in [2.05, 4.69) is 4.74 Å². The molecule has 0 aliphatic carbocycles. The van der Waals surface area contributed by atoms with Crippen molar-refractivity contribution in [2.75, 3.05) is 6.61 Å². The van der Waals surface area contributed by atoms with E-state index in [0.717, 1.165) is 12.3 Å². The van der Waals surface area contributed by atoms with Gasteiger partial charge >= 0.3 is 11.7 Å². The van der Waals surface area contributed by atoms with Gasteiger partial charge in [-0.3, -0.25) is 9.59 Å². The summed E-state index contributed by atoms with van der Waals surface area (Å²) in [4.78, 5) is 33.4. The number of ether oxygens (including phenoxy) is 1. The third kappa shape index (κ3) is 2.46. The van der Waals surface area contributed by atoms with Crippen LogP contribution in [0.25, 0.3) is 0 Å². The molecule has 0 fully saturated rings. The summed E-state index contributed by atoms with van der Waals surface area (Å²) in [6, 6.07) is 0.973. The van der Waals surface area contributed by atoms with Crippen LogP contribution < -0.4 is 11.2 Å². The summed E-state index contributed by atoms with van der Waals surface area (Å²) in [7, 11) is 0. The fourth-order valence-corrected chi connectivity index (χ4v) is 0.987. The molecule has 0 atom stereocenters. The van der Waals surface area contributed by atoms with Gasteiger partial charge in [-0.2, -0.15) is 0 Å². The van der Waals surface area contributed by atoms with Crippen LogP contribution in [0.5, 0.6) is 0 Å². The number of hydrogen-bond acceptors (Lipinski definition) is 5. The first kappa shape index (κ1) is 11.0. The molecule has 1 N–H and O–H groups in total. The van der Waals surface area contributed by atoms with Crippen LogP contribution in [0.1, 0.15) is 6.92 Å². The second-order valence-electron chi connectivity index (χ2n) is 2.67. The number of esters is 1. The number of hydrogen-bond donors (Lipinski definition) is 1. The van der Waals surface area contributed by atoms with E-state index in [4.69, 9.17) is 5.21 Å². The zero-order valence-electron chi connectivity index (χ0n) is 8.04. The minimum absolute atomic E-state index is 0.160. The number of rotatable bonds is 3. The van der Waals surface area contributed by atoms with E-state index in [9.17, 15) is 14.4 Å². The Balaban J connectivity index is 3.05. The van der Waals surface area contributed by atoms with Gasteiger partial charge in [0.25, 0.3) is 5.56 Å². The normalized spacial score (nSPS) is 9.93. The van der Waals surface area contributed by atoms with Gasteiger partial charge in [0, 0.05) is 6.07 Å². The Labute approximate surface area is 84.1 Å². The Bertz CT molecular complexity index is 473. The first-order valence-electron chi connectivity index (χ1n) is 4.23. The summed E-state index contributed by atoms with van der Waals surface area (Å²) in [6.07, 6.45) is 0.909. The largest absolute Gasteiger partial charge is 0.465 e. The maximum atomic E-state index is 11.2. The van der Waals surface area contributed by atoms with Crippen molar-refractivity contribution in [2.24, 2.45) is 0 Å². The summed E-state index contributed by atoms with van der Waals surface area (Å²) in [5.41, 5.74) is -1.64. The van der Waals surface area contributed by atoms with Crippen LogP contribution in [0.2, 0.25) is 0 Å². The van der Waals surface area contributed by atoms with Crippen LogP contribution in [-0.4, -0.2) is 27.1 Å². The lowest BCUT2D eigenvalue weighted by Crippen LogP contribution is -2.40. The van der Waals surface area contributed by atoms with Gasteiger partial charge in [-0.1, -0.05) is 0 Å². The maximum absolute atomic E-state index is 11.2. The van der Waals surface area contributed by atoms with Gasteiger partial charge in [-0.15, -0.1) is 4.73 Å². The molecule has 0 spiro atoms. The van der Waals surface area contributed by atoms with Crippen LogP contribution in [0.4, 0.5) is 0 Å². The zero-order valence-corrected chi connectivity index (χ0v) is 8.04. The number of carbonyl (C=O) groups excluding carboxylic acids is 1. The second kappa shape index (κ2) is 4.45. The summed E-state index contributed by atoms with van der Waals surface area (Å²) in [5, 5.41) is 8.96. The Morgan fingerprint density at radius 3 is 2.80 bits per heavy atom. The summed E-state index contributed by atoms with van der Waals surface area (Å²) in [5.74, 6) is -0.706. The Hall–Kier alpha value is -2.05. The highest BCUT2D eigenvalue weighted by Gasteiger charge is 2.09. The number of nitrogens with zero attached hydrogens (tertiary/aromatic N) is 2. The first-order chi connectivity index (χ1) is 7.06. The molecule has 0 radical (unpaired) electrons. The average molecular weight is 214 g/mol. The van der Waals surface area contributed by atoms with Gasteiger partial charge in [0.15, 0.2) is 0 Å². The average Bonchev–Trinajstić information content (AvgIpc) is 2.19. The third-order valence-corrected chi connectivity index (χ3v) is 1.64. The molecular weight excluding hydrogens is 204 g/mol. The fraction of sp³-hybridized carbons (Fsp3) is 0.375. The molecule has 1 heterocycles. The van der Waals surface area contributed by atoms with Gasteiger partial charge < -0.3 is 9.94 Å². The van der Waals surface area contributed by atoms with Crippen molar-refractivity contribution in [1.82, 2.24) is 9.30 Å². The topological polar surface area (TPSA) is 90.5 Å². The van der Waals surface area contributed by atoms with E-state index in [0.29, 0.717) is 4.57 Å². The molecule has 7 nitrogen and oxygen atoms in total. The van der Waals surface area contributed by atoms with Crippen LogP contribution >= 0.6 is 0 Å². The Morgan fingerprint density at radius 2 is 2.20 bits per heavy atom. The van der Waals surface area contributed by atoms with Crippen LogP contribution in [0.3, 0.4) is 0 Å². The van der Waals surface area contributed by atoms with Crippen molar-refractivity contribution in [3.05, 3.63) is 33.1 Å². The van der Waals surface area contributed by atoms with Crippen molar-refractivity contribution >= 4 is 5.97 Å². The lowest BCUT2D eigenvalue weighted by molar-refractivity contribution is -0.144. The molecule has 82 valence electrons. The first-order valence-corrected chi connectivity index (χ1v) is 4.23. The monoisotopic (exact) mass is 214 g/mol. The van der Waals surface area contributed by atoms with Gasteiger partial charge in [0.2, 0.25) is 0 Å². The standard InChI is InChI=1S/C8H10N2O5/c1-2-15-7(12)5-9-6(11)3-4-10(14)8(9)13/h3-4,14H,2,5H2,1H3. The smallest absolute Gasteiger partial charge is 0.364 e. The molecule has 0 saturated carbocycles. The van der Waals surface area contributed by atoms with E-state index < -0.39 is 23.8 Å². The van der Waals surface area contributed by atoms with E-state index in [1.165, 1.54) is 0 Å². The summed E-state index contributed by atoms with van der Waals surface area (Å²) in [6.45, 7) is 1.26. The fourth-order valence-electron chi connectivity index (χ4n) is 0.987. The van der Waals surface area contributed by atoms with Crippen LogP contribution in [-0.2, 0) is 16.1 Å². The molecule has 1 aromatic rings. The predicted molar refractivity (Wildman–Crippen MR) is 48.8 cm³/mol. The van der Waals surface area contributed by atoms with Gasteiger partial charge in [0.05, 0.1) is 12.8 Å². The summed E-state index contributed by atoms with van der Waals surface area (Å²) < 4.78 is 5.37. The highest BCUT2D eigenvalue weighted by Crippen LogP contribution is 1.81. The molecule has 1 aromatic heterocycles. The minimum Gasteiger partial charge on any atom is -0.465 e. The predicted octanol–water partition coefficient (Wildman–Crippen LogP) is -1.19. The van der Waals surface area contributed by atoms with E-state index >= 15 is 0 Å². The second-order valence-corrected chi connectivity index (χ2v) is 2.67. The Kier molecular flexibility index (Phi) is 3.27. The third-order valence-electron chi connectivity index (χ3n) is 1.64. The summed E-state index contributed by atoms with van der Waals surface area (Å²) >= 11 is 0. The van der Waals surface area contributed by atoms with Gasteiger partial charge in [-0.05, 0) is 6.92 Å². The van der Waals surface area contributed by atoms with E-state index in [-0.39, 0.29) is 11.3 Å². The lowest BCUT2D eigenvalue weighted by Gasteiger charge is -2.04. The number of aromatic nitrogens is 2. The van der Waals surface area contributed by atoms with Crippen molar-refractivity contribution in [2.45, 2.75) is 13.5 Å². The molecule has 0 aromatic carbocycles. The minimum atomic E-state index is -0.976. The SMILES string of the molecule is CCOC(=O)Cn1c(=O)ccn(O)c1=O. The molecule has 0 unspecified atom stereocenters. The molecule has 7 heteroatoms. The van der Waals surface area contributed by atoms with Crippen LogP contribution in [0.15, 0.2) is 21.9 Å². The van der Waals surface area contributed by atoms with Crippen molar-refractivity contribution in [3.8, 4) is 0 Å². The lowest BCUT2D eigenvalue weighted by atomic mass is 10.5. The van der Waals surface area contributed by atoms with E-state index in [1.807, 2.05) is 0 Å². The van der Waals surface area contributed by atoms with Crippen molar-refractivity contribution in [1.29, 1.82) is 0 Å². The number of carbonyl (C=O) groups is 1. The highest BCUT2D eigenvalue weighted by atomic mass is 16.5. The van der Waals surface area contributed by atoms with Gasteiger partial charge in [0.1, 0.15) is 6.54 Å². The molecular formula is C8H10N2O5. The van der Waals surface area contributed by atoms with E-state index in [1.54, 1.807) is 6.92 Å². The highest BCUT2D eigenvalue weighted by molar-refractivity contribution is 5.69. The van der Waals surface area contributed by atoms with Crippen molar-refractivity contribution < 1.29 is 14.7 Å². The molecule has 0 bridgehead atoms. The van der Waals surface area contributed by atoms with Gasteiger partial charge in [-0.25, -0.2) is 9.36 Å². The zero-order chi connectivity index (χ0) is 11.4. The Morgan fingerprint density at radius 1 is 1.53 bits per heavy atom. The molecule has 0 saturated heterocycles. The molecule has 0 aliphatic rings.